The summed E-state index contributed by atoms with van der Waals surface area (Å²) in [6.45, 7) is 0. The van der Waals surface area contributed by atoms with Gasteiger partial charge in [-0.1, -0.05) is 12.1 Å². The Morgan fingerprint density at radius 2 is 1.58 bits per heavy atom. The molecule has 26 heavy (non-hydrogen) atoms. The predicted octanol–water partition coefficient (Wildman–Crippen LogP) is 1.13. The van der Waals surface area contributed by atoms with E-state index < -0.39 is 10.2 Å². The summed E-state index contributed by atoms with van der Waals surface area (Å²) in [5.41, 5.74) is 6.76. The molecule has 0 bridgehead atoms. The number of fused-ring (bicyclic) bond motifs is 1. The van der Waals surface area contributed by atoms with Crippen molar-refractivity contribution in [1.29, 1.82) is 0 Å². The minimum atomic E-state index is -1.75. The van der Waals surface area contributed by atoms with E-state index in [-0.39, 0.29) is 17.1 Å². The third-order valence-corrected chi connectivity index (χ3v) is 2.65. The second-order valence-corrected chi connectivity index (χ2v) is 4.26. The monoisotopic (exact) mass is 412 g/mol. The molecular weight excluding hydrogens is 402 g/mol. The van der Waals surface area contributed by atoms with E-state index in [9.17, 15) is 0 Å². The molecule has 0 unspecified atom stereocenters. The van der Waals surface area contributed by atoms with Crippen LogP contribution in [-0.4, -0.2) is 29.7 Å². The fourth-order valence-electron chi connectivity index (χ4n) is 1.78. The van der Waals surface area contributed by atoms with Crippen molar-refractivity contribution in [3.63, 3.8) is 0 Å². The molecule has 3 rings (SSSR count). The predicted molar refractivity (Wildman–Crippen MR) is 86.9 cm³/mol. The molecule has 0 atom stereocenters. The van der Waals surface area contributed by atoms with Gasteiger partial charge in [0.2, 0.25) is 0 Å². The van der Waals surface area contributed by atoms with Crippen LogP contribution in [0.15, 0.2) is 36.7 Å². The minimum Gasteiger partial charge on any atom is -0.383 e. The molecule has 141 valence electrons. The van der Waals surface area contributed by atoms with Crippen molar-refractivity contribution in [3.05, 3.63) is 67.3 Å². The first-order valence-electron chi connectivity index (χ1n) is 6.35. The molecule has 0 aliphatic rings. The number of nitrogens with zero attached hydrogens (tertiary/aromatic N) is 6. The normalized spacial score (nSPS) is 8.96. The van der Waals surface area contributed by atoms with E-state index in [1.807, 2.05) is 42.1 Å². The molecule has 3 aromatic rings. The Bertz CT molecular complexity index is 867. The van der Waals surface area contributed by atoms with Crippen molar-refractivity contribution in [2.75, 3.05) is 5.73 Å². The van der Waals surface area contributed by atoms with Crippen LogP contribution in [0.5, 0.6) is 0 Å². The standard InChI is InChI=1S/C12H11N5.Cu.2NO3/c1-17-7-6-14-12(17)11-15-9-5-3-2-4-8(9)10(13)16-11;;2*2-1(3)4/h2-7H,1H3,(H2,13,15,16);;;/q;+2;2*-1. The van der Waals surface area contributed by atoms with Crippen LogP contribution in [0.3, 0.4) is 0 Å². The molecule has 0 aliphatic heterocycles. The van der Waals surface area contributed by atoms with Crippen molar-refractivity contribution in [2.45, 2.75) is 0 Å². The molecule has 2 N–H and O–H groups in total. The van der Waals surface area contributed by atoms with E-state index >= 15 is 0 Å². The Morgan fingerprint density at radius 1 is 1.04 bits per heavy atom. The second kappa shape index (κ2) is 10.4. The summed E-state index contributed by atoms with van der Waals surface area (Å²) in [7, 11) is 1.90. The van der Waals surface area contributed by atoms with Crippen LogP contribution in [0.1, 0.15) is 0 Å². The molecule has 2 heterocycles. The zero-order valence-electron chi connectivity index (χ0n) is 13.0. The quantitative estimate of drug-likeness (QED) is 0.342. The van der Waals surface area contributed by atoms with Gasteiger partial charge in [0.05, 0.1) is 15.7 Å². The summed E-state index contributed by atoms with van der Waals surface area (Å²) in [5.74, 6) is 1.74. The number of benzene rings is 1. The Balaban J connectivity index is 0.000000596. The van der Waals surface area contributed by atoms with Gasteiger partial charge in [-0.05, 0) is 12.1 Å². The van der Waals surface area contributed by atoms with Crippen LogP contribution in [0.2, 0.25) is 0 Å². The molecule has 2 aromatic heterocycles. The molecule has 0 amide bonds. The van der Waals surface area contributed by atoms with E-state index in [4.69, 9.17) is 36.4 Å². The van der Waals surface area contributed by atoms with Gasteiger partial charge in [-0.3, -0.25) is 0 Å². The average Bonchev–Trinajstić information content (AvgIpc) is 2.92. The van der Waals surface area contributed by atoms with Crippen molar-refractivity contribution in [3.8, 4) is 11.6 Å². The molecule has 0 fully saturated rings. The zero-order chi connectivity index (χ0) is 19.0. The van der Waals surface area contributed by atoms with Crippen molar-refractivity contribution in [1.82, 2.24) is 19.5 Å². The molecular formula is C12H11CuN7O6. The van der Waals surface area contributed by atoms with E-state index in [1.165, 1.54) is 0 Å². The molecule has 1 radical (unpaired) electrons. The number of nitrogen functional groups attached to an aromatic ring is 1. The van der Waals surface area contributed by atoms with Crippen LogP contribution in [-0.2, 0) is 24.1 Å². The molecule has 0 saturated heterocycles. The summed E-state index contributed by atoms with van der Waals surface area (Å²) in [6.07, 6.45) is 3.56. The first-order chi connectivity index (χ1) is 11.7. The van der Waals surface area contributed by atoms with Gasteiger partial charge in [0, 0.05) is 24.8 Å². The van der Waals surface area contributed by atoms with Gasteiger partial charge < -0.3 is 40.9 Å². The summed E-state index contributed by atoms with van der Waals surface area (Å²) in [4.78, 5) is 29.5. The van der Waals surface area contributed by atoms with Crippen LogP contribution in [0.4, 0.5) is 5.82 Å². The molecule has 1 aromatic carbocycles. The first kappa shape index (κ1) is 22.5. The number of rotatable bonds is 1. The van der Waals surface area contributed by atoms with Gasteiger partial charge in [-0.15, -0.1) is 0 Å². The van der Waals surface area contributed by atoms with Gasteiger partial charge >= 0.3 is 17.1 Å². The zero-order valence-corrected chi connectivity index (χ0v) is 13.9. The van der Waals surface area contributed by atoms with E-state index in [2.05, 4.69) is 15.0 Å². The second-order valence-electron chi connectivity index (χ2n) is 4.26. The number of para-hydroxylation sites is 1. The maximum atomic E-state index is 8.25. The maximum absolute atomic E-state index is 8.25. The summed E-state index contributed by atoms with van der Waals surface area (Å²) >= 11 is 0. The third kappa shape index (κ3) is 6.94. The molecule has 14 heteroatoms. The van der Waals surface area contributed by atoms with E-state index in [0.717, 1.165) is 10.9 Å². The van der Waals surface area contributed by atoms with Crippen LogP contribution in [0.25, 0.3) is 22.6 Å². The van der Waals surface area contributed by atoms with Crippen LogP contribution in [0, 0.1) is 30.6 Å². The van der Waals surface area contributed by atoms with E-state index in [0.29, 0.717) is 17.5 Å². The Hall–Kier alpha value is -3.51. The number of nitrogens with two attached hydrogens (primary N) is 1. The van der Waals surface area contributed by atoms with E-state index in [1.54, 1.807) is 6.20 Å². The van der Waals surface area contributed by atoms with Gasteiger partial charge in [-0.25, -0.2) is 15.0 Å². The molecule has 0 spiro atoms. The average molecular weight is 413 g/mol. The Morgan fingerprint density at radius 3 is 2.08 bits per heavy atom. The SMILES string of the molecule is Cn1ccnc1-c1nc(N)c2ccccc2n1.O=[N+]([O-])[O-].O=[N+]([O-])[O-].[Cu+2]. The first-order valence-corrected chi connectivity index (χ1v) is 6.35. The van der Waals surface area contributed by atoms with Gasteiger partial charge in [0.25, 0.3) is 0 Å². The van der Waals surface area contributed by atoms with Crippen LogP contribution < -0.4 is 5.73 Å². The van der Waals surface area contributed by atoms with Crippen molar-refractivity contribution >= 4 is 16.7 Å². The van der Waals surface area contributed by atoms with Gasteiger partial charge in [0.1, 0.15) is 5.82 Å². The fourth-order valence-corrected chi connectivity index (χ4v) is 1.78. The number of anilines is 1. The largest absolute Gasteiger partial charge is 2.00 e. The van der Waals surface area contributed by atoms with Crippen LogP contribution >= 0.6 is 0 Å². The minimum absolute atomic E-state index is 0. The number of hydrogen-bond donors (Lipinski definition) is 1. The molecule has 0 saturated carbocycles. The van der Waals surface area contributed by atoms with Gasteiger partial charge in [-0.2, -0.15) is 0 Å². The molecule has 13 nitrogen and oxygen atoms in total. The van der Waals surface area contributed by atoms with Crippen molar-refractivity contribution < 1.29 is 27.2 Å². The fraction of sp³-hybridized carbons (Fsp3) is 0.0833. The number of aromatic nitrogens is 4. The van der Waals surface area contributed by atoms with Gasteiger partial charge in [0.15, 0.2) is 11.6 Å². The number of aryl methyl sites for hydroxylation is 1. The Labute approximate surface area is 155 Å². The smallest absolute Gasteiger partial charge is 0.383 e. The molecule has 0 aliphatic carbocycles. The number of hydrogen-bond acceptors (Lipinski definition) is 10. The Kier molecular flexibility index (Phi) is 8.97. The third-order valence-electron chi connectivity index (χ3n) is 2.65. The summed E-state index contributed by atoms with van der Waals surface area (Å²) < 4.78 is 1.86. The van der Waals surface area contributed by atoms with Crippen molar-refractivity contribution in [2.24, 2.45) is 7.05 Å². The topological polar surface area (TPSA) is 202 Å². The maximum Gasteiger partial charge on any atom is 2.00 e. The summed E-state index contributed by atoms with van der Waals surface area (Å²) in [6, 6.07) is 7.67. The summed E-state index contributed by atoms with van der Waals surface area (Å²) in [5, 5.41) is 30.4. The number of imidazole rings is 1.